The lowest BCUT2D eigenvalue weighted by molar-refractivity contribution is -0.139. The van der Waals surface area contributed by atoms with Crippen LogP contribution < -0.4 is 5.32 Å². The third kappa shape index (κ3) is 4.60. The standard InChI is InChI=1S/C12H13Cl2NO3S/c1-19-6-5-9(12(17)18)15-11(16)7-3-2-4-8(13)10(7)14/h2-4,9H,5-6H2,1H3,(H,15,16)(H,17,18)/t9-/m0/s1. The van der Waals surface area contributed by atoms with E-state index in [1.54, 1.807) is 12.1 Å². The van der Waals surface area contributed by atoms with Crippen LogP contribution in [0.2, 0.25) is 10.0 Å². The van der Waals surface area contributed by atoms with Gasteiger partial charge in [-0.1, -0.05) is 29.3 Å². The molecule has 0 aliphatic carbocycles. The Morgan fingerprint density at radius 3 is 2.68 bits per heavy atom. The number of nitrogens with one attached hydrogen (secondary N) is 1. The molecule has 0 unspecified atom stereocenters. The number of thioether (sulfide) groups is 1. The van der Waals surface area contributed by atoms with E-state index in [0.717, 1.165) is 0 Å². The number of amides is 1. The van der Waals surface area contributed by atoms with E-state index in [4.69, 9.17) is 28.3 Å². The molecule has 7 heteroatoms. The maximum atomic E-state index is 12.0. The van der Waals surface area contributed by atoms with E-state index in [2.05, 4.69) is 5.32 Å². The predicted octanol–water partition coefficient (Wildman–Crippen LogP) is 2.93. The minimum atomic E-state index is -1.07. The second-order valence-corrected chi connectivity index (χ2v) is 5.52. The van der Waals surface area contributed by atoms with Crippen LogP contribution in [0.25, 0.3) is 0 Å². The van der Waals surface area contributed by atoms with Gasteiger partial charge in [0.05, 0.1) is 15.6 Å². The number of hydrogen-bond donors (Lipinski definition) is 2. The number of carbonyl (C=O) groups is 2. The summed E-state index contributed by atoms with van der Waals surface area (Å²) in [5.41, 5.74) is 0.171. The van der Waals surface area contributed by atoms with Gasteiger partial charge in [-0.05, 0) is 30.6 Å². The van der Waals surface area contributed by atoms with Gasteiger partial charge in [-0.25, -0.2) is 4.79 Å². The minimum absolute atomic E-state index is 0.121. The van der Waals surface area contributed by atoms with E-state index >= 15 is 0 Å². The van der Waals surface area contributed by atoms with Gasteiger partial charge in [0.2, 0.25) is 0 Å². The van der Waals surface area contributed by atoms with Gasteiger partial charge >= 0.3 is 5.97 Å². The van der Waals surface area contributed by atoms with Gasteiger partial charge in [0.15, 0.2) is 0 Å². The molecule has 0 saturated carbocycles. The van der Waals surface area contributed by atoms with E-state index in [9.17, 15) is 9.59 Å². The molecule has 1 aromatic rings. The molecule has 1 aromatic carbocycles. The summed E-state index contributed by atoms with van der Waals surface area (Å²) in [6, 6.07) is 3.70. The second kappa shape index (κ2) is 7.62. The summed E-state index contributed by atoms with van der Waals surface area (Å²) in [6.45, 7) is 0. The normalized spacial score (nSPS) is 11.9. The molecule has 0 fully saturated rings. The Bertz CT molecular complexity index is 482. The van der Waals surface area contributed by atoms with Crippen molar-refractivity contribution in [3.05, 3.63) is 33.8 Å². The van der Waals surface area contributed by atoms with Crippen molar-refractivity contribution in [2.75, 3.05) is 12.0 Å². The zero-order valence-corrected chi connectivity index (χ0v) is 12.5. The van der Waals surface area contributed by atoms with Crippen LogP contribution in [-0.4, -0.2) is 35.0 Å². The molecule has 2 N–H and O–H groups in total. The number of carboxylic acids is 1. The fourth-order valence-electron chi connectivity index (χ4n) is 1.41. The smallest absolute Gasteiger partial charge is 0.326 e. The molecule has 4 nitrogen and oxygen atoms in total. The first kappa shape index (κ1) is 16.1. The summed E-state index contributed by atoms with van der Waals surface area (Å²) in [6.07, 6.45) is 2.22. The Kier molecular flexibility index (Phi) is 6.48. The van der Waals surface area contributed by atoms with Crippen molar-refractivity contribution >= 4 is 46.8 Å². The van der Waals surface area contributed by atoms with E-state index in [0.29, 0.717) is 12.2 Å². The molecule has 0 saturated heterocycles. The summed E-state index contributed by atoms with van der Waals surface area (Å²) in [5.74, 6) is -0.970. The highest BCUT2D eigenvalue weighted by molar-refractivity contribution is 7.98. The lowest BCUT2D eigenvalue weighted by Crippen LogP contribution is -2.41. The van der Waals surface area contributed by atoms with E-state index in [1.165, 1.54) is 17.8 Å². The Morgan fingerprint density at radius 2 is 2.11 bits per heavy atom. The number of rotatable bonds is 6. The first-order valence-corrected chi connectivity index (χ1v) is 7.59. The van der Waals surface area contributed by atoms with E-state index in [-0.39, 0.29) is 15.6 Å². The van der Waals surface area contributed by atoms with Crippen molar-refractivity contribution in [3.8, 4) is 0 Å². The van der Waals surface area contributed by atoms with Crippen LogP contribution in [-0.2, 0) is 4.79 Å². The molecular weight excluding hydrogens is 309 g/mol. The number of carboxylic acid groups (broad SMARTS) is 1. The van der Waals surface area contributed by atoms with Crippen LogP contribution in [0, 0.1) is 0 Å². The van der Waals surface area contributed by atoms with Crippen LogP contribution in [0.1, 0.15) is 16.8 Å². The molecule has 0 heterocycles. The summed E-state index contributed by atoms with van der Waals surface area (Å²) in [4.78, 5) is 23.0. The second-order valence-electron chi connectivity index (χ2n) is 3.75. The first-order chi connectivity index (χ1) is 8.97. The molecule has 1 amide bonds. The molecule has 0 aliphatic heterocycles. The zero-order valence-electron chi connectivity index (χ0n) is 10.2. The highest BCUT2D eigenvalue weighted by Crippen LogP contribution is 2.25. The average Bonchev–Trinajstić information content (AvgIpc) is 2.37. The van der Waals surface area contributed by atoms with Crippen LogP contribution in [0.4, 0.5) is 0 Å². The summed E-state index contributed by atoms with van der Waals surface area (Å²) in [7, 11) is 0. The highest BCUT2D eigenvalue weighted by atomic mass is 35.5. The number of carbonyl (C=O) groups excluding carboxylic acids is 1. The zero-order chi connectivity index (χ0) is 14.4. The van der Waals surface area contributed by atoms with E-state index in [1.807, 2.05) is 6.26 Å². The van der Waals surface area contributed by atoms with Crippen molar-refractivity contribution < 1.29 is 14.7 Å². The highest BCUT2D eigenvalue weighted by Gasteiger charge is 2.21. The third-order valence-electron chi connectivity index (χ3n) is 2.41. The van der Waals surface area contributed by atoms with Crippen molar-refractivity contribution in [2.45, 2.75) is 12.5 Å². The fraction of sp³-hybridized carbons (Fsp3) is 0.333. The first-order valence-electron chi connectivity index (χ1n) is 5.44. The van der Waals surface area contributed by atoms with Crippen LogP contribution >= 0.6 is 35.0 Å². The minimum Gasteiger partial charge on any atom is -0.480 e. The van der Waals surface area contributed by atoms with Gasteiger partial charge in [-0.3, -0.25) is 4.79 Å². The molecular formula is C12H13Cl2NO3S. The number of hydrogen-bond acceptors (Lipinski definition) is 3. The molecule has 19 heavy (non-hydrogen) atoms. The number of aliphatic carboxylic acids is 1. The quantitative estimate of drug-likeness (QED) is 0.845. The number of benzene rings is 1. The van der Waals surface area contributed by atoms with Gasteiger partial charge < -0.3 is 10.4 Å². The Hall–Kier alpha value is -0.910. The van der Waals surface area contributed by atoms with Crippen molar-refractivity contribution in [3.63, 3.8) is 0 Å². The maximum Gasteiger partial charge on any atom is 0.326 e. The van der Waals surface area contributed by atoms with Crippen LogP contribution in [0.5, 0.6) is 0 Å². The van der Waals surface area contributed by atoms with Gasteiger partial charge in [0, 0.05) is 0 Å². The Morgan fingerprint density at radius 1 is 1.42 bits per heavy atom. The molecule has 0 spiro atoms. The largest absolute Gasteiger partial charge is 0.480 e. The van der Waals surface area contributed by atoms with Crippen LogP contribution in [0.15, 0.2) is 18.2 Å². The topological polar surface area (TPSA) is 66.4 Å². The van der Waals surface area contributed by atoms with Crippen LogP contribution in [0.3, 0.4) is 0 Å². The maximum absolute atomic E-state index is 12.0. The molecule has 1 rings (SSSR count). The molecule has 0 aliphatic rings. The Labute approximate surface area is 125 Å². The van der Waals surface area contributed by atoms with Crippen molar-refractivity contribution in [2.24, 2.45) is 0 Å². The lowest BCUT2D eigenvalue weighted by Gasteiger charge is -2.14. The van der Waals surface area contributed by atoms with Gasteiger partial charge in [-0.15, -0.1) is 0 Å². The molecule has 0 aromatic heterocycles. The van der Waals surface area contributed by atoms with Gasteiger partial charge in [0.25, 0.3) is 5.91 Å². The summed E-state index contributed by atoms with van der Waals surface area (Å²) in [5, 5.41) is 11.9. The van der Waals surface area contributed by atoms with Crippen molar-refractivity contribution in [1.29, 1.82) is 0 Å². The molecule has 104 valence electrons. The van der Waals surface area contributed by atoms with E-state index < -0.39 is 17.9 Å². The summed E-state index contributed by atoms with van der Waals surface area (Å²) < 4.78 is 0. The van der Waals surface area contributed by atoms with Gasteiger partial charge in [-0.2, -0.15) is 11.8 Å². The Balaban J connectivity index is 2.82. The molecule has 0 bridgehead atoms. The molecule has 0 radical (unpaired) electrons. The third-order valence-corrected chi connectivity index (χ3v) is 3.87. The predicted molar refractivity (Wildman–Crippen MR) is 78.4 cm³/mol. The molecule has 1 atom stereocenters. The SMILES string of the molecule is CSCC[C@H](NC(=O)c1cccc(Cl)c1Cl)C(=O)O. The average molecular weight is 322 g/mol. The lowest BCUT2D eigenvalue weighted by atomic mass is 10.1. The summed E-state index contributed by atoms with van der Waals surface area (Å²) >= 11 is 13.2. The fourth-order valence-corrected chi connectivity index (χ4v) is 2.27. The van der Waals surface area contributed by atoms with Gasteiger partial charge in [0.1, 0.15) is 6.04 Å². The monoisotopic (exact) mass is 321 g/mol. The number of halogens is 2. The van der Waals surface area contributed by atoms with Crippen molar-refractivity contribution in [1.82, 2.24) is 5.32 Å².